The van der Waals surface area contributed by atoms with Crippen molar-refractivity contribution in [3.05, 3.63) is 58.1 Å². The van der Waals surface area contributed by atoms with E-state index >= 15 is 0 Å². The van der Waals surface area contributed by atoms with E-state index in [0.717, 1.165) is 36.4 Å². The van der Waals surface area contributed by atoms with E-state index < -0.39 is 59.0 Å². The molecule has 0 fully saturated rings. The molecule has 0 aliphatic heterocycles. The van der Waals surface area contributed by atoms with Crippen molar-refractivity contribution in [2.24, 2.45) is 0 Å². The number of hydrogen-bond acceptors (Lipinski definition) is 5. The van der Waals surface area contributed by atoms with Gasteiger partial charge in [0.1, 0.15) is 21.5 Å². The summed E-state index contributed by atoms with van der Waals surface area (Å²) in [5.74, 6) is -1.55. The zero-order valence-corrected chi connectivity index (χ0v) is 14.8. The van der Waals surface area contributed by atoms with Crippen molar-refractivity contribution in [1.82, 2.24) is 0 Å². The highest BCUT2D eigenvalue weighted by atomic mass is 35.5. The zero-order valence-electron chi connectivity index (χ0n) is 10.8. The van der Waals surface area contributed by atoms with Crippen LogP contribution in [0.25, 0.3) is 0 Å². The van der Waals surface area contributed by atoms with Gasteiger partial charge >= 0.3 is 0 Å². The second kappa shape index (κ2) is 6.56. The molecule has 0 bridgehead atoms. The minimum Gasteiger partial charge on any atom is -0.211 e. The molecule has 0 atom stereocenters. The largest absolute Gasteiger partial charge is 0.246 e. The Balaban J connectivity index is 2.47. The molecule has 0 amide bonds. The number of rotatable bonds is 4. The van der Waals surface area contributed by atoms with Crippen molar-refractivity contribution in [2.45, 2.75) is 9.79 Å². The van der Waals surface area contributed by atoms with Crippen LogP contribution in [0.3, 0.4) is 0 Å². The summed E-state index contributed by atoms with van der Waals surface area (Å²) in [5, 5.41) is -0.921. The molecule has 0 aliphatic carbocycles. The second-order valence-electron chi connectivity index (χ2n) is 4.13. The third-order valence-electron chi connectivity index (χ3n) is 2.51. The molecule has 0 saturated carbocycles. The van der Waals surface area contributed by atoms with Gasteiger partial charge in [0.05, 0.1) is 19.8 Å². The molecule has 0 unspecified atom stereocenters. The Bertz CT molecular complexity index is 896. The Morgan fingerprint density at radius 2 is 1.09 bits per heavy atom. The lowest BCUT2D eigenvalue weighted by Crippen LogP contribution is -2.05. The van der Waals surface area contributed by atoms with Gasteiger partial charge in [-0.25, -0.2) is 25.6 Å². The standard InChI is InChI=1S/C12H6Cl2F2O4S3/c13-9-5-7(15)1-3-11(9)22(17,18)21-23(19,20)12-4-2-8(16)6-10(12)14/h1-6H. The molecule has 0 heterocycles. The maximum absolute atomic E-state index is 13.0. The lowest BCUT2D eigenvalue weighted by atomic mass is 10.3. The normalized spacial score (nSPS) is 12.3. The third kappa shape index (κ3) is 4.16. The summed E-state index contributed by atoms with van der Waals surface area (Å²) in [6, 6.07) is 4.84. The molecule has 2 rings (SSSR count). The molecule has 0 aliphatic rings. The summed E-state index contributed by atoms with van der Waals surface area (Å²) in [6.45, 7) is 0. The molecule has 0 spiro atoms. The second-order valence-corrected chi connectivity index (χ2v) is 12.0. The highest BCUT2D eigenvalue weighted by molar-refractivity contribution is 9.04. The summed E-state index contributed by atoms with van der Waals surface area (Å²) in [6.07, 6.45) is 0. The van der Waals surface area contributed by atoms with Crippen LogP contribution in [-0.2, 0) is 17.7 Å². The van der Waals surface area contributed by atoms with E-state index in [2.05, 4.69) is 0 Å². The van der Waals surface area contributed by atoms with Crippen molar-refractivity contribution in [1.29, 1.82) is 0 Å². The summed E-state index contributed by atoms with van der Waals surface area (Å²) in [4.78, 5) is -1.13. The first-order chi connectivity index (χ1) is 10.5. The van der Waals surface area contributed by atoms with Gasteiger partial charge in [-0.05, 0) is 36.4 Å². The molecule has 11 heteroatoms. The van der Waals surface area contributed by atoms with Gasteiger partial charge in [-0.3, -0.25) is 0 Å². The van der Waals surface area contributed by atoms with E-state index in [1.54, 1.807) is 0 Å². The van der Waals surface area contributed by atoms with Gasteiger partial charge in [-0.15, -0.1) is 0 Å². The smallest absolute Gasteiger partial charge is 0.211 e. The van der Waals surface area contributed by atoms with Crippen molar-refractivity contribution < 1.29 is 25.6 Å². The number of hydrogen-bond donors (Lipinski definition) is 0. The van der Waals surface area contributed by atoms with E-state index in [9.17, 15) is 25.6 Å². The van der Waals surface area contributed by atoms with Gasteiger partial charge in [-0.2, -0.15) is 0 Å². The van der Waals surface area contributed by atoms with Crippen LogP contribution < -0.4 is 0 Å². The third-order valence-corrected chi connectivity index (χ3v) is 10.9. The molecular weight excluding hydrogens is 413 g/mol. The fraction of sp³-hybridized carbons (Fsp3) is 0. The maximum Gasteiger partial charge on any atom is 0.246 e. The zero-order chi connectivity index (χ0) is 17.4. The minimum atomic E-state index is -4.46. The van der Waals surface area contributed by atoms with E-state index in [-0.39, 0.29) is 0 Å². The van der Waals surface area contributed by atoms with Crippen molar-refractivity contribution in [3.8, 4) is 0 Å². The van der Waals surface area contributed by atoms with Crippen LogP contribution in [0.4, 0.5) is 8.78 Å². The molecule has 2 aromatic rings. The van der Waals surface area contributed by atoms with Gasteiger partial charge in [0.15, 0.2) is 0 Å². The Morgan fingerprint density at radius 1 is 0.739 bits per heavy atom. The lowest BCUT2D eigenvalue weighted by molar-refractivity contribution is 0.607. The first-order valence-electron chi connectivity index (χ1n) is 5.64. The van der Waals surface area contributed by atoms with E-state index in [1.165, 1.54) is 0 Å². The first kappa shape index (κ1) is 18.5. The fourth-order valence-electron chi connectivity index (χ4n) is 1.55. The summed E-state index contributed by atoms with van der Waals surface area (Å²) < 4.78 is 74.7. The predicted octanol–water partition coefficient (Wildman–Crippen LogP) is 4.08. The van der Waals surface area contributed by atoms with Crippen molar-refractivity contribution in [2.75, 3.05) is 0 Å². The van der Waals surface area contributed by atoms with Gasteiger partial charge in [0.25, 0.3) is 0 Å². The van der Waals surface area contributed by atoms with Gasteiger partial charge in [0.2, 0.25) is 17.7 Å². The molecule has 0 N–H and O–H groups in total. The lowest BCUT2D eigenvalue weighted by Gasteiger charge is -2.08. The van der Waals surface area contributed by atoms with Crippen LogP contribution in [0.15, 0.2) is 46.2 Å². The Hall–Kier alpha value is -0.870. The SMILES string of the molecule is O=S(=O)(SS(=O)(=O)c1ccc(F)cc1Cl)c1ccc(F)cc1Cl. The van der Waals surface area contributed by atoms with E-state index in [1.807, 2.05) is 0 Å². The van der Waals surface area contributed by atoms with Crippen LogP contribution in [0.2, 0.25) is 10.0 Å². The quantitative estimate of drug-likeness (QED) is 0.699. The van der Waals surface area contributed by atoms with Gasteiger partial charge in [0, 0.05) is 0 Å². The van der Waals surface area contributed by atoms with Gasteiger partial charge in [-0.1, -0.05) is 23.2 Å². The maximum atomic E-state index is 13.0. The van der Waals surface area contributed by atoms with Crippen LogP contribution in [-0.4, -0.2) is 16.8 Å². The molecule has 0 aromatic heterocycles. The Kier molecular flexibility index (Phi) is 5.27. The summed E-state index contributed by atoms with van der Waals surface area (Å²) >= 11 is 11.3. The molecule has 0 saturated heterocycles. The van der Waals surface area contributed by atoms with Crippen molar-refractivity contribution >= 4 is 50.8 Å². The molecule has 124 valence electrons. The highest BCUT2D eigenvalue weighted by Gasteiger charge is 2.30. The molecule has 23 heavy (non-hydrogen) atoms. The van der Waals surface area contributed by atoms with E-state index in [4.69, 9.17) is 23.2 Å². The molecule has 0 radical (unpaired) electrons. The molecular formula is C12H6Cl2F2O4S3. The van der Waals surface area contributed by atoms with Crippen LogP contribution in [0.1, 0.15) is 0 Å². The summed E-state index contributed by atoms with van der Waals surface area (Å²) in [7, 11) is -9.34. The minimum absolute atomic E-state index is 0.419. The van der Waals surface area contributed by atoms with Crippen LogP contribution >= 0.6 is 33.0 Å². The average Bonchev–Trinajstić information content (AvgIpc) is 2.35. The highest BCUT2D eigenvalue weighted by Crippen LogP contribution is 2.38. The first-order valence-corrected chi connectivity index (χ1v) is 11.2. The Labute approximate surface area is 144 Å². The summed E-state index contributed by atoms with van der Waals surface area (Å²) in [5.41, 5.74) is 0. The topological polar surface area (TPSA) is 68.3 Å². The molecule has 2 aromatic carbocycles. The average molecular weight is 419 g/mol. The van der Waals surface area contributed by atoms with Crippen LogP contribution in [0.5, 0.6) is 0 Å². The van der Waals surface area contributed by atoms with Crippen molar-refractivity contribution in [3.63, 3.8) is 0 Å². The predicted molar refractivity (Wildman–Crippen MR) is 84.8 cm³/mol. The molecule has 4 nitrogen and oxygen atoms in total. The van der Waals surface area contributed by atoms with Gasteiger partial charge < -0.3 is 0 Å². The Morgan fingerprint density at radius 3 is 1.39 bits per heavy atom. The monoisotopic (exact) mass is 418 g/mol. The fourth-order valence-corrected chi connectivity index (χ4v) is 9.67. The number of halogens is 4. The van der Waals surface area contributed by atoms with Crippen LogP contribution in [0, 0.1) is 11.6 Å². The number of benzene rings is 2. The van der Waals surface area contributed by atoms with E-state index in [0.29, 0.717) is 0 Å².